The molecule has 0 unspecified atom stereocenters. The molecule has 0 heterocycles. The molecular formula is C27H37N5O9S. The van der Waals surface area contributed by atoms with Gasteiger partial charge in [0.05, 0.1) is 56.6 Å². The van der Waals surface area contributed by atoms with E-state index in [1.807, 2.05) is 32.0 Å². The van der Waals surface area contributed by atoms with Crippen LogP contribution in [-0.4, -0.2) is 78.9 Å². The quantitative estimate of drug-likeness (QED) is 0.0595. The topological polar surface area (TPSA) is 204 Å². The molecule has 0 bridgehead atoms. The summed E-state index contributed by atoms with van der Waals surface area (Å²) in [7, 11) is -3.84. The van der Waals surface area contributed by atoms with Crippen molar-refractivity contribution in [2.24, 2.45) is 26.2 Å². The van der Waals surface area contributed by atoms with E-state index in [2.05, 4.69) is 20.2 Å². The number of aliphatic imine (C=N–C) groups is 2. The van der Waals surface area contributed by atoms with Gasteiger partial charge in [0.15, 0.2) is 5.34 Å². The second kappa shape index (κ2) is 18.6. The zero-order chi connectivity index (χ0) is 30.8. The predicted octanol–water partition coefficient (Wildman–Crippen LogP) is 2.26. The fourth-order valence-corrected chi connectivity index (χ4v) is 3.90. The normalized spacial score (nSPS) is 12.3. The van der Waals surface area contributed by atoms with E-state index >= 15 is 0 Å². The molecule has 0 amide bonds. The Bertz CT molecular complexity index is 1320. The first-order valence-corrected chi connectivity index (χ1v) is 14.6. The Hall–Kier alpha value is -3.76. The average molecular weight is 608 g/mol. The zero-order valence-electron chi connectivity index (χ0n) is 23.7. The van der Waals surface area contributed by atoms with Crippen molar-refractivity contribution in [3.63, 3.8) is 0 Å². The number of esters is 1. The smallest absolute Gasteiger partial charge is 0.308 e. The maximum Gasteiger partial charge on any atom is 0.308 e. The van der Waals surface area contributed by atoms with Crippen LogP contribution >= 0.6 is 0 Å². The second-order valence-electron chi connectivity index (χ2n) is 8.93. The van der Waals surface area contributed by atoms with E-state index in [4.69, 9.17) is 29.8 Å². The van der Waals surface area contributed by atoms with Crippen LogP contribution in [0.2, 0.25) is 0 Å². The monoisotopic (exact) mass is 607 g/mol. The van der Waals surface area contributed by atoms with Crippen molar-refractivity contribution in [1.29, 1.82) is 0 Å². The molecule has 0 spiro atoms. The van der Waals surface area contributed by atoms with Crippen LogP contribution in [0.25, 0.3) is 0 Å². The van der Waals surface area contributed by atoms with Crippen LogP contribution in [0, 0.1) is 18.8 Å². The lowest BCUT2D eigenvalue weighted by Gasteiger charge is -2.10. The SMILES string of the molecule is Cc1ccc(C)c(CC(N=C(N)COC(=O)CCOCCOCCOCCON=O)=Nc2ccc(S(N)(=O)=O)cc2)c1. The molecule has 2 aromatic rings. The number of nitrogens with zero attached hydrogens (tertiary/aromatic N) is 3. The van der Waals surface area contributed by atoms with Gasteiger partial charge < -0.3 is 29.5 Å². The summed E-state index contributed by atoms with van der Waals surface area (Å²) in [4.78, 5) is 35.0. The van der Waals surface area contributed by atoms with E-state index < -0.39 is 16.0 Å². The number of hydrogen-bond donors (Lipinski definition) is 2. The summed E-state index contributed by atoms with van der Waals surface area (Å²) in [5, 5.41) is 7.43. The number of benzene rings is 2. The summed E-state index contributed by atoms with van der Waals surface area (Å²) in [5.74, 6) is -0.124. The van der Waals surface area contributed by atoms with Crippen LogP contribution in [0.5, 0.6) is 0 Å². The van der Waals surface area contributed by atoms with Crippen LogP contribution < -0.4 is 10.9 Å². The van der Waals surface area contributed by atoms with Gasteiger partial charge in [-0.25, -0.2) is 23.5 Å². The second-order valence-corrected chi connectivity index (χ2v) is 10.5. The van der Waals surface area contributed by atoms with Crippen molar-refractivity contribution in [1.82, 2.24) is 0 Å². The van der Waals surface area contributed by atoms with Crippen molar-refractivity contribution < 1.29 is 37.0 Å². The van der Waals surface area contributed by atoms with Gasteiger partial charge in [0.25, 0.3) is 0 Å². The lowest BCUT2D eigenvalue weighted by Crippen LogP contribution is -2.24. The van der Waals surface area contributed by atoms with E-state index in [0.717, 1.165) is 16.7 Å². The maximum atomic E-state index is 12.1. The summed E-state index contributed by atoms with van der Waals surface area (Å²) >= 11 is 0. The Morgan fingerprint density at radius 3 is 2.12 bits per heavy atom. The van der Waals surface area contributed by atoms with Crippen LogP contribution in [0.1, 0.15) is 23.1 Å². The molecule has 15 heteroatoms. The molecule has 0 aromatic heterocycles. The minimum Gasteiger partial charge on any atom is -0.457 e. The highest BCUT2D eigenvalue weighted by molar-refractivity contribution is 7.89. The first kappa shape index (κ1) is 34.4. The summed E-state index contributed by atoms with van der Waals surface area (Å²) in [5.41, 5.74) is 9.60. The summed E-state index contributed by atoms with van der Waals surface area (Å²) in [6, 6.07) is 11.8. The zero-order valence-corrected chi connectivity index (χ0v) is 24.5. The molecule has 0 aliphatic carbocycles. The van der Waals surface area contributed by atoms with Gasteiger partial charge in [-0.1, -0.05) is 23.8 Å². The molecule has 2 rings (SSSR count). The van der Waals surface area contributed by atoms with Gasteiger partial charge in [-0.2, -0.15) is 0 Å². The molecule has 0 aliphatic rings. The van der Waals surface area contributed by atoms with E-state index in [1.165, 1.54) is 24.3 Å². The number of carbonyl (C=O) groups is 1. The number of aryl methyl sites for hydroxylation is 2. The van der Waals surface area contributed by atoms with Crippen molar-refractivity contribution in [2.75, 3.05) is 52.9 Å². The minimum atomic E-state index is -3.84. The Kier molecular flexibility index (Phi) is 15.3. The van der Waals surface area contributed by atoms with Crippen LogP contribution in [0.4, 0.5) is 5.69 Å². The highest BCUT2D eigenvalue weighted by Crippen LogP contribution is 2.18. The van der Waals surface area contributed by atoms with Gasteiger partial charge >= 0.3 is 5.97 Å². The van der Waals surface area contributed by atoms with E-state index in [-0.39, 0.29) is 50.2 Å². The maximum absolute atomic E-state index is 12.1. The molecule has 0 aliphatic heterocycles. The highest BCUT2D eigenvalue weighted by atomic mass is 32.2. The molecule has 0 atom stereocenters. The minimum absolute atomic E-state index is 0.0149. The van der Waals surface area contributed by atoms with Gasteiger partial charge in [-0.3, -0.25) is 4.79 Å². The van der Waals surface area contributed by atoms with Gasteiger partial charge in [0, 0.05) is 6.42 Å². The largest absolute Gasteiger partial charge is 0.457 e. The Morgan fingerprint density at radius 1 is 0.881 bits per heavy atom. The Morgan fingerprint density at radius 2 is 1.50 bits per heavy atom. The number of carbonyl (C=O) groups excluding carboxylic acids is 1. The molecule has 42 heavy (non-hydrogen) atoms. The van der Waals surface area contributed by atoms with Gasteiger partial charge in [-0.05, 0) is 49.2 Å². The summed E-state index contributed by atoms with van der Waals surface area (Å²) in [6.45, 7) is 5.44. The van der Waals surface area contributed by atoms with Gasteiger partial charge in [0.1, 0.15) is 24.9 Å². The molecule has 230 valence electrons. The molecule has 14 nitrogen and oxygen atoms in total. The average Bonchev–Trinajstić information content (AvgIpc) is 2.94. The fraction of sp³-hybridized carbons (Fsp3) is 0.444. The number of sulfonamides is 1. The fourth-order valence-electron chi connectivity index (χ4n) is 3.38. The standard InChI is InChI=1S/C27H37N5O9S/c1-20-3-4-21(2)22(17-20)18-26(30-23-5-7-24(8-6-23)42(29,35)36)31-25(28)19-40-27(33)9-10-37-11-12-38-13-14-39-15-16-41-32-34/h3-8,17H,9-16,18-19H2,1-2H3,(H2,28,30,31)(H2,29,35,36). The predicted molar refractivity (Wildman–Crippen MR) is 156 cm³/mol. The first-order valence-electron chi connectivity index (χ1n) is 13.0. The van der Waals surface area contributed by atoms with Crippen molar-refractivity contribution >= 4 is 33.4 Å². The van der Waals surface area contributed by atoms with Crippen LogP contribution in [0.3, 0.4) is 0 Å². The number of amidine groups is 2. The lowest BCUT2D eigenvalue weighted by molar-refractivity contribution is -0.143. The van der Waals surface area contributed by atoms with E-state index in [9.17, 15) is 18.1 Å². The Labute approximate surface area is 245 Å². The third-order valence-corrected chi connectivity index (χ3v) is 6.43. The number of rotatable bonds is 19. The number of ether oxygens (including phenoxy) is 4. The van der Waals surface area contributed by atoms with E-state index in [0.29, 0.717) is 37.8 Å². The van der Waals surface area contributed by atoms with Crippen LogP contribution in [0.15, 0.2) is 62.7 Å². The molecule has 4 N–H and O–H groups in total. The molecule has 2 aromatic carbocycles. The van der Waals surface area contributed by atoms with Crippen molar-refractivity contribution in [2.45, 2.75) is 31.6 Å². The third-order valence-electron chi connectivity index (χ3n) is 5.50. The molecular weight excluding hydrogens is 570 g/mol. The third kappa shape index (κ3) is 14.2. The molecule has 0 saturated carbocycles. The van der Waals surface area contributed by atoms with E-state index in [1.54, 1.807) is 0 Å². The molecule has 0 fully saturated rings. The highest BCUT2D eigenvalue weighted by Gasteiger charge is 2.10. The summed E-state index contributed by atoms with van der Waals surface area (Å²) in [6.07, 6.45) is 0.355. The van der Waals surface area contributed by atoms with Crippen LogP contribution in [-0.2, 0) is 45.0 Å². The number of nitrogens with two attached hydrogens (primary N) is 2. The van der Waals surface area contributed by atoms with Gasteiger partial charge in [0.2, 0.25) is 10.0 Å². The summed E-state index contributed by atoms with van der Waals surface area (Å²) < 4.78 is 44.2. The number of hydrogen-bond acceptors (Lipinski definition) is 11. The Balaban J connectivity index is 1.86. The molecule has 0 radical (unpaired) electrons. The van der Waals surface area contributed by atoms with Crippen molar-refractivity contribution in [3.8, 4) is 0 Å². The lowest BCUT2D eigenvalue weighted by atomic mass is 10.0. The molecule has 0 saturated heterocycles. The first-order chi connectivity index (χ1) is 20.1. The number of primary sulfonamides is 1. The van der Waals surface area contributed by atoms with Crippen molar-refractivity contribution in [3.05, 3.63) is 64.1 Å². The van der Waals surface area contributed by atoms with Gasteiger partial charge in [-0.15, -0.1) is 4.91 Å².